The van der Waals surface area contributed by atoms with Gasteiger partial charge in [0.05, 0.1) is 0 Å². The molecule has 0 aromatic carbocycles. The highest BCUT2D eigenvalue weighted by Crippen LogP contribution is 2.37. The zero-order valence-electron chi connectivity index (χ0n) is 11.6. The Hall–Kier alpha value is -1.07. The Morgan fingerprint density at radius 3 is 2.68 bits per heavy atom. The molecule has 19 heavy (non-hydrogen) atoms. The van der Waals surface area contributed by atoms with Crippen molar-refractivity contribution in [2.45, 2.75) is 50.8 Å². The average molecular weight is 265 g/mol. The number of nitrogens with one attached hydrogen (secondary N) is 1. The SMILES string of the molecule is CCC(C1C=CNO1)(N1CCCC1)N1CCCC1=O. The van der Waals surface area contributed by atoms with E-state index in [4.69, 9.17) is 4.84 Å². The monoisotopic (exact) mass is 265 g/mol. The first-order valence-electron chi connectivity index (χ1n) is 7.42. The molecule has 5 nitrogen and oxygen atoms in total. The molecule has 0 bridgehead atoms. The van der Waals surface area contributed by atoms with Crippen LogP contribution in [0.1, 0.15) is 39.0 Å². The number of hydrogen-bond donors (Lipinski definition) is 1. The molecule has 0 saturated carbocycles. The minimum atomic E-state index is -0.302. The number of amides is 1. The summed E-state index contributed by atoms with van der Waals surface area (Å²) in [6.45, 7) is 5.15. The third-order valence-electron chi connectivity index (χ3n) is 4.70. The van der Waals surface area contributed by atoms with E-state index in [9.17, 15) is 4.79 Å². The van der Waals surface area contributed by atoms with Crippen molar-refractivity contribution in [3.05, 3.63) is 12.3 Å². The lowest BCUT2D eigenvalue weighted by atomic mass is 9.95. The van der Waals surface area contributed by atoms with E-state index in [1.807, 2.05) is 12.3 Å². The summed E-state index contributed by atoms with van der Waals surface area (Å²) >= 11 is 0. The second-order valence-electron chi connectivity index (χ2n) is 5.59. The van der Waals surface area contributed by atoms with Crippen molar-refractivity contribution in [2.75, 3.05) is 19.6 Å². The van der Waals surface area contributed by atoms with Crippen LogP contribution >= 0.6 is 0 Å². The van der Waals surface area contributed by atoms with Crippen molar-refractivity contribution >= 4 is 5.91 Å². The maximum absolute atomic E-state index is 12.3. The third-order valence-corrected chi connectivity index (χ3v) is 4.70. The maximum atomic E-state index is 12.3. The van der Waals surface area contributed by atoms with E-state index in [-0.39, 0.29) is 17.7 Å². The quantitative estimate of drug-likeness (QED) is 0.830. The first-order chi connectivity index (χ1) is 9.29. The smallest absolute Gasteiger partial charge is 0.224 e. The van der Waals surface area contributed by atoms with Gasteiger partial charge in [0.25, 0.3) is 0 Å². The zero-order chi connectivity index (χ0) is 13.3. The highest BCUT2D eigenvalue weighted by Gasteiger charge is 2.51. The molecule has 0 spiro atoms. The molecule has 2 fully saturated rings. The van der Waals surface area contributed by atoms with Crippen molar-refractivity contribution in [1.82, 2.24) is 15.3 Å². The summed E-state index contributed by atoms with van der Waals surface area (Å²) < 4.78 is 0. The zero-order valence-corrected chi connectivity index (χ0v) is 11.6. The van der Waals surface area contributed by atoms with Crippen LogP contribution in [0.5, 0.6) is 0 Å². The van der Waals surface area contributed by atoms with Crippen LogP contribution in [0.3, 0.4) is 0 Å². The lowest BCUT2D eigenvalue weighted by molar-refractivity contribution is -0.163. The molecule has 1 N–H and O–H groups in total. The Morgan fingerprint density at radius 1 is 1.37 bits per heavy atom. The first-order valence-corrected chi connectivity index (χ1v) is 7.42. The van der Waals surface area contributed by atoms with Gasteiger partial charge in [0.1, 0.15) is 11.8 Å². The fourth-order valence-electron chi connectivity index (χ4n) is 3.81. The Kier molecular flexibility index (Phi) is 3.50. The molecular weight excluding hydrogens is 242 g/mol. The molecule has 0 aliphatic carbocycles. The molecule has 2 saturated heterocycles. The van der Waals surface area contributed by atoms with E-state index >= 15 is 0 Å². The molecule has 0 radical (unpaired) electrons. The van der Waals surface area contributed by atoms with Crippen LogP contribution in [0, 0.1) is 0 Å². The molecule has 106 valence electrons. The number of hydroxylamine groups is 1. The lowest BCUT2D eigenvalue weighted by Crippen LogP contribution is -2.66. The summed E-state index contributed by atoms with van der Waals surface area (Å²) in [7, 11) is 0. The maximum Gasteiger partial charge on any atom is 0.224 e. The van der Waals surface area contributed by atoms with Crippen molar-refractivity contribution in [2.24, 2.45) is 0 Å². The molecule has 2 unspecified atom stereocenters. The molecule has 0 aromatic rings. The number of nitrogens with zero attached hydrogens (tertiary/aromatic N) is 2. The highest BCUT2D eigenvalue weighted by atomic mass is 16.7. The summed E-state index contributed by atoms with van der Waals surface area (Å²) in [6.07, 6.45) is 8.80. The number of hydrogen-bond acceptors (Lipinski definition) is 4. The van der Waals surface area contributed by atoms with Crippen LogP contribution in [-0.4, -0.2) is 47.1 Å². The third kappa shape index (κ3) is 1.96. The van der Waals surface area contributed by atoms with Gasteiger partial charge in [0.15, 0.2) is 0 Å². The van der Waals surface area contributed by atoms with Crippen molar-refractivity contribution in [1.29, 1.82) is 0 Å². The number of carbonyl (C=O) groups excluding carboxylic acids is 1. The first kappa shape index (κ1) is 12.9. The molecule has 3 aliphatic rings. The van der Waals surface area contributed by atoms with Crippen molar-refractivity contribution < 1.29 is 9.63 Å². The molecule has 0 aromatic heterocycles. The standard InChI is InChI=1S/C14H23N3O2/c1-2-14(12-7-8-15-19-12,16-9-3-4-10-16)17-11-5-6-13(17)18/h7-8,12,15H,2-6,9-11H2,1H3. The van der Waals surface area contributed by atoms with E-state index in [2.05, 4.69) is 22.2 Å². The van der Waals surface area contributed by atoms with Crippen LogP contribution in [0.15, 0.2) is 12.3 Å². The summed E-state index contributed by atoms with van der Waals surface area (Å²) in [5.74, 6) is 0.276. The molecule has 3 aliphatic heterocycles. The molecule has 1 amide bonds. The van der Waals surface area contributed by atoms with Crippen LogP contribution in [-0.2, 0) is 9.63 Å². The molecular formula is C14H23N3O2. The van der Waals surface area contributed by atoms with E-state index in [0.717, 1.165) is 32.5 Å². The van der Waals surface area contributed by atoms with Gasteiger partial charge < -0.3 is 4.90 Å². The normalized spacial score (nSPS) is 30.9. The van der Waals surface area contributed by atoms with E-state index in [1.165, 1.54) is 12.8 Å². The van der Waals surface area contributed by atoms with Gasteiger partial charge in [-0.25, -0.2) is 0 Å². The Balaban J connectivity index is 1.96. The van der Waals surface area contributed by atoms with Gasteiger partial charge in [0.2, 0.25) is 5.91 Å². The number of carbonyl (C=O) groups is 1. The van der Waals surface area contributed by atoms with Gasteiger partial charge in [-0.1, -0.05) is 6.92 Å². The summed E-state index contributed by atoms with van der Waals surface area (Å²) in [5.41, 5.74) is 2.53. The molecule has 2 atom stereocenters. The van der Waals surface area contributed by atoms with Crippen LogP contribution in [0.2, 0.25) is 0 Å². The van der Waals surface area contributed by atoms with Gasteiger partial charge in [-0.05, 0) is 31.8 Å². The largest absolute Gasteiger partial charge is 0.321 e. The molecule has 3 heterocycles. The van der Waals surface area contributed by atoms with Crippen LogP contribution < -0.4 is 5.48 Å². The Bertz CT molecular complexity index is 379. The topological polar surface area (TPSA) is 44.8 Å². The van der Waals surface area contributed by atoms with Gasteiger partial charge in [-0.15, -0.1) is 0 Å². The minimum Gasteiger partial charge on any atom is -0.321 e. The van der Waals surface area contributed by atoms with Gasteiger partial charge in [0, 0.05) is 32.3 Å². The molecule has 5 heteroatoms. The average Bonchev–Trinajstić information content (AvgIpc) is 3.14. The van der Waals surface area contributed by atoms with E-state index in [1.54, 1.807) is 0 Å². The second-order valence-corrected chi connectivity index (χ2v) is 5.59. The Labute approximate surface area is 114 Å². The molecule has 3 rings (SSSR count). The van der Waals surface area contributed by atoms with Crippen LogP contribution in [0.4, 0.5) is 0 Å². The minimum absolute atomic E-state index is 0.0716. The number of likely N-dealkylation sites (tertiary alicyclic amines) is 2. The van der Waals surface area contributed by atoms with Crippen LogP contribution in [0.25, 0.3) is 0 Å². The summed E-state index contributed by atoms with van der Waals surface area (Å²) in [6, 6.07) is 0. The van der Waals surface area contributed by atoms with E-state index in [0.29, 0.717) is 6.42 Å². The fraction of sp³-hybridized carbons (Fsp3) is 0.786. The van der Waals surface area contributed by atoms with Crippen molar-refractivity contribution in [3.63, 3.8) is 0 Å². The van der Waals surface area contributed by atoms with Crippen molar-refractivity contribution in [3.8, 4) is 0 Å². The summed E-state index contributed by atoms with van der Waals surface area (Å²) in [5, 5.41) is 0. The second kappa shape index (κ2) is 5.13. The van der Waals surface area contributed by atoms with E-state index < -0.39 is 0 Å². The predicted octanol–water partition coefficient (Wildman–Crippen LogP) is 1.23. The summed E-state index contributed by atoms with van der Waals surface area (Å²) in [4.78, 5) is 22.5. The number of rotatable bonds is 4. The predicted molar refractivity (Wildman–Crippen MR) is 71.9 cm³/mol. The van der Waals surface area contributed by atoms with Gasteiger partial charge >= 0.3 is 0 Å². The Morgan fingerprint density at radius 2 is 2.16 bits per heavy atom. The van der Waals surface area contributed by atoms with Gasteiger partial charge in [-0.3, -0.25) is 20.0 Å². The van der Waals surface area contributed by atoms with Gasteiger partial charge in [-0.2, -0.15) is 0 Å². The lowest BCUT2D eigenvalue weighted by Gasteiger charge is -2.50. The fourth-order valence-corrected chi connectivity index (χ4v) is 3.81. The highest BCUT2D eigenvalue weighted by molar-refractivity contribution is 5.79.